The van der Waals surface area contributed by atoms with Gasteiger partial charge in [-0.05, 0) is 19.8 Å². The quantitative estimate of drug-likeness (QED) is 0.633. The number of hydrogen-bond donors (Lipinski definition) is 1. The van der Waals surface area contributed by atoms with Gasteiger partial charge in [0.2, 0.25) is 0 Å². The smallest absolute Gasteiger partial charge is 0.431 e. The van der Waals surface area contributed by atoms with E-state index in [0.29, 0.717) is 13.1 Å². The van der Waals surface area contributed by atoms with Crippen molar-refractivity contribution in [3.63, 3.8) is 0 Å². The number of carbonyl (C=O) groups is 2. The van der Waals surface area contributed by atoms with E-state index >= 15 is 0 Å². The van der Waals surface area contributed by atoms with Gasteiger partial charge in [0.05, 0.1) is 12.7 Å². The third-order valence-electron chi connectivity index (χ3n) is 2.49. The molecule has 5 nitrogen and oxygen atoms in total. The number of urea groups is 1. The van der Waals surface area contributed by atoms with Gasteiger partial charge in [-0.3, -0.25) is 0 Å². The first-order valence-electron chi connectivity index (χ1n) is 5.86. The average molecular weight is 280 g/mol. The van der Waals surface area contributed by atoms with Crippen LogP contribution >= 0.6 is 0 Å². The van der Waals surface area contributed by atoms with E-state index in [9.17, 15) is 22.8 Å². The second-order valence-corrected chi connectivity index (χ2v) is 3.93. The Balaban J connectivity index is 2.75. The summed E-state index contributed by atoms with van der Waals surface area (Å²) in [6.45, 7) is 2.26. The van der Waals surface area contributed by atoms with Crippen molar-refractivity contribution >= 4 is 12.0 Å². The molecule has 1 N–H and O–H groups in total. The number of amides is 2. The number of halogens is 3. The van der Waals surface area contributed by atoms with Gasteiger partial charge in [0, 0.05) is 13.1 Å². The topological polar surface area (TPSA) is 58.6 Å². The molecular formula is C11H15F3N2O3. The molecule has 0 saturated carbocycles. The molecule has 8 heteroatoms. The summed E-state index contributed by atoms with van der Waals surface area (Å²) in [6, 6.07) is -0.856. The van der Waals surface area contributed by atoms with E-state index in [1.54, 1.807) is 5.32 Å². The highest BCUT2D eigenvalue weighted by Gasteiger charge is 2.37. The Morgan fingerprint density at radius 1 is 1.32 bits per heavy atom. The van der Waals surface area contributed by atoms with Crippen molar-refractivity contribution in [1.29, 1.82) is 0 Å². The van der Waals surface area contributed by atoms with Crippen molar-refractivity contribution in [2.24, 2.45) is 0 Å². The van der Waals surface area contributed by atoms with E-state index in [1.807, 2.05) is 0 Å². The van der Waals surface area contributed by atoms with Crippen molar-refractivity contribution in [2.45, 2.75) is 25.9 Å². The first-order valence-corrected chi connectivity index (χ1v) is 5.86. The molecule has 0 radical (unpaired) electrons. The Labute approximate surface area is 108 Å². The fourth-order valence-corrected chi connectivity index (χ4v) is 1.61. The minimum atomic E-state index is -4.82. The Bertz CT molecular complexity index is 374. The summed E-state index contributed by atoms with van der Waals surface area (Å²) in [5.41, 5.74) is -1.41. The number of nitrogens with one attached hydrogen (secondary N) is 1. The highest BCUT2D eigenvalue weighted by atomic mass is 19.4. The molecule has 1 saturated heterocycles. The lowest BCUT2D eigenvalue weighted by Crippen LogP contribution is -2.41. The number of alkyl halides is 3. The number of esters is 1. The van der Waals surface area contributed by atoms with Gasteiger partial charge in [-0.1, -0.05) is 0 Å². The molecule has 19 heavy (non-hydrogen) atoms. The summed E-state index contributed by atoms with van der Waals surface area (Å²) in [7, 11) is 0. The van der Waals surface area contributed by atoms with Crippen LogP contribution in [0.1, 0.15) is 19.8 Å². The normalized spacial score (nSPS) is 16.4. The van der Waals surface area contributed by atoms with Gasteiger partial charge in [0.15, 0.2) is 0 Å². The number of nitrogens with zero attached hydrogens (tertiary/aromatic N) is 1. The molecule has 1 heterocycles. The van der Waals surface area contributed by atoms with Crippen molar-refractivity contribution in [2.75, 3.05) is 19.7 Å². The summed E-state index contributed by atoms with van der Waals surface area (Å²) in [4.78, 5) is 23.9. The standard InChI is InChI=1S/C11H15F3N2O3/c1-2-19-9(17)7-8(11(12,13)14)15-10(18)16-5-3-4-6-16/h7H,2-6H2,1H3,(H,15,18)/b8-7-. The lowest BCUT2D eigenvalue weighted by Gasteiger charge is -2.19. The number of carbonyl (C=O) groups excluding carboxylic acids is 2. The summed E-state index contributed by atoms with van der Waals surface area (Å²) in [5.74, 6) is -1.14. The van der Waals surface area contributed by atoms with Gasteiger partial charge in [0.1, 0.15) is 5.70 Å². The van der Waals surface area contributed by atoms with Crippen LogP contribution in [0.25, 0.3) is 0 Å². The predicted octanol–water partition coefficient (Wildman–Crippen LogP) is 1.80. The molecule has 1 rings (SSSR count). The molecule has 1 aliphatic rings. The van der Waals surface area contributed by atoms with E-state index in [1.165, 1.54) is 11.8 Å². The molecule has 1 aliphatic heterocycles. The van der Waals surface area contributed by atoms with E-state index in [0.717, 1.165) is 12.8 Å². The summed E-state index contributed by atoms with van der Waals surface area (Å²) in [5, 5.41) is 1.71. The van der Waals surface area contributed by atoms with Gasteiger partial charge in [-0.15, -0.1) is 0 Å². The number of allylic oxidation sites excluding steroid dienone is 1. The first-order chi connectivity index (χ1) is 8.84. The molecule has 108 valence electrons. The average Bonchev–Trinajstić information content (AvgIpc) is 2.80. The zero-order valence-corrected chi connectivity index (χ0v) is 10.4. The van der Waals surface area contributed by atoms with Crippen LogP contribution in [0.2, 0.25) is 0 Å². The SMILES string of the molecule is CCOC(=O)/C=C(\NC(=O)N1CCCC1)C(F)(F)F. The van der Waals surface area contributed by atoms with Gasteiger partial charge in [0.25, 0.3) is 0 Å². The first kappa shape index (κ1) is 15.3. The van der Waals surface area contributed by atoms with Crippen molar-refractivity contribution in [1.82, 2.24) is 10.2 Å². The van der Waals surface area contributed by atoms with Crippen LogP contribution < -0.4 is 5.32 Å². The van der Waals surface area contributed by atoms with Gasteiger partial charge in [-0.2, -0.15) is 13.2 Å². The molecule has 0 bridgehead atoms. The second kappa shape index (κ2) is 6.44. The minimum absolute atomic E-state index is 0.0411. The Hall–Kier alpha value is -1.73. The zero-order chi connectivity index (χ0) is 14.5. The van der Waals surface area contributed by atoms with E-state index in [-0.39, 0.29) is 12.7 Å². The maximum absolute atomic E-state index is 12.7. The molecule has 1 fully saturated rings. The highest BCUT2D eigenvalue weighted by Crippen LogP contribution is 2.24. The van der Waals surface area contributed by atoms with Crippen molar-refractivity contribution < 1.29 is 27.5 Å². The molecule has 0 aromatic heterocycles. The third-order valence-corrected chi connectivity index (χ3v) is 2.49. The monoisotopic (exact) mass is 280 g/mol. The van der Waals surface area contributed by atoms with Crippen LogP contribution in [0, 0.1) is 0 Å². The fraction of sp³-hybridized carbons (Fsp3) is 0.636. The molecule has 0 atom stereocenters. The summed E-state index contributed by atoms with van der Waals surface area (Å²) in [6.07, 6.45) is -3.05. The van der Waals surface area contributed by atoms with Gasteiger partial charge >= 0.3 is 18.2 Å². The Kier molecular flexibility index (Phi) is 5.20. The van der Waals surface area contributed by atoms with E-state index in [2.05, 4.69) is 4.74 Å². The molecule has 0 aromatic carbocycles. The molecule has 0 aliphatic carbocycles. The van der Waals surface area contributed by atoms with Crippen LogP contribution in [0.3, 0.4) is 0 Å². The maximum atomic E-state index is 12.7. The second-order valence-electron chi connectivity index (χ2n) is 3.93. The van der Waals surface area contributed by atoms with Crippen LogP contribution in [0.4, 0.5) is 18.0 Å². The third kappa shape index (κ3) is 4.80. The minimum Gasteiger partial charge on any atom is -0.463 e. The molecule has 0 unspecified atom stereocenters. The molecule has 0 aromatic rings. The Morgan fingerprint density at radius 3 is 2.37 bits per heavy atom. The fourth-order valence-electron chi connectivity index (χ4n) is 1.61. The number of likely N-dealkylation sites (tertiary alicyclic amines) is 1. The number of rotatable bonds is 3. The van der Waals surface area contributed by atoms with Crippen LogP contribution in [-0.4, -0.2) is 42.8 Å². The summed E-state index contributed by atoms with van der Waals surface area (Å²) < 4.78 is 42.4. The molecule has 0 spiro atoms. The zero-order valence-electron chi connectivity index (χ0n) is 10.4. The predicted molar refractivity (Wildman–Crippen MR) is 60.1 cm³/mol. The van der Waals surface area contributed by atoms with Crippen LogP contribution in [-0.2, 0) is 9.53 Å². The largest absolute Gasteiger partial charge is 0.463 e. The molecule has 2 amide bonds. The summed E-state index contributed by atoms with van der Waals surface area (Å²) >= 11 is 0. The Morgan fingerprint density at radius 2 is 1.89 bits per heavy atom. The van der Waals surface area contributed by atoms with E-state index < -0.39 is 23.9 Å². The van der Waals surface area contributed by atoms with Crippen molar-refractivity contribution in [3.8, 4) is 0 Å². The van der Waals surface area contributed by atoms with Crippen LogP contribution in [0.5, 0.6) is 0 Å². The van der Waals surface area contributed by atoms with Crippen LogP contribution in [0.15, 0.2) is 11.8 Å². The number of ether oxygens (including phenoxy) is 1. The van der Waals surface area contributed by atoms with Gasteiger partial charge in [-0.25, -0.2) is 9.59 Å². The molecular weight excluding hydrogens is 265 g/mol. The lowest BCUT2D eigenvalue weighted by atomic mass is 10.3. The van der Waals surface area contributed by atoms with Crippen molar-refractivity contribution in [3.05, 3.63) is 11.8 Å². The van der Waals surface area contributed by atoms with Gasteiger partial charge < -0.3 is 15.0 Å². The lowest BCUT2D eigenvalue weighted by molar-refractivity contribution is -0.138. The highest BCUT2D eigenvalue weighted by molar-refractivity contribution is 5.85. The number of hydrogen-bond acceptors (Lipinski definition) is 3. The van der Waals surface area contributed by atoms with E-state index in [4.69, 9.17) is 0 Å². The maximum Gasteiger partial charge on any atom is 0.431 e.